The smallest absolute Gasteiger partial charge is 0.653 e. The molecule has 0 amide bonds. The zero-order valence-electron chi connectivity index (χ0n) is 30.3. The maximum absolute atomic E-state index is 4.54. The van der Waals surface area contributed by atoms with E-state index in [9.17, 15) is 0 Å². The molecule has 0 aromatic heterocycles. The Balaban J connectivity index is -0.000000201. The van der Waals surface area contributed by atoms with Gasteiger partial charge in [-0.2, -0.15) is 11.1 Å². The zero-order chi connectivity index (χ0) is 31.1. The molecule has 0 bridgehead atoms. The molecule has 3 nitrogen and oxygen atoms in total. The Hall–Kier alpha value is 0.0743. The van der Waals surface area contributed by atoms with E-state index in [-0.39, 0.29) is 60.4 Å². The SMILES string of the molecule is CC(C)(C)[N-]C(C)(C)C.CC(C)(C)[N-]C(C)(C)C.CC(C)(C)[N-]C(C)(C)C.CC1=[C-]C(C)(C)C(C)=C1C.[Ti+4]. The summed E-state index contributed by atoms with van der Waals surface area (Å²) in [6.07, 6.45) is 3.44. The van der Waals surface area contributed by atoms with Gasteiger partial charge in [0.05, 0.1) is 0 Å². The van der Waals surface area contributed by atoms with Crippen LogP contribution in [0.1, 0.15) is 159 Å². The Kier molecular flexibility index (Phi) is 18.9. The Morgan fingerprint density at radius 3 is 0.658 bits per heavy atom. The second-order valence-corrected chi connectivity index (χ2v) is 17.0. The van der Waals surface area contributed by atoms with Crippen molar-refractivity contribution in [3.8, 4) is 0 Å². The molecule has 4 heteroatoms. The van der Waals surface area contributed by atoms with Crippen molar-refractivity contribution < 1.29 is 21.7 Å². The van der Waals surface area contributed by atoms with Gasteiger partial charge in [0.2, 0.25) is 0 Å². The van der Waals surface area contributed by atoms with E-state index in [4.69, 9.17) is 0 Å². The first kappa shape index (κ1) is 45.1. The van der Waals surface area contributed by atoms with E-state index in [0.29, 0.717) is 0 Å². The van der Waals surface area contributed by atoms with Crippen molar-refractivity contribution >= 4 is 0 Å². The van der Waals surface area contributed by atoms with Crippen molar-refractivity contribution in [2.24, 2.45) is 5.41 Å². The van der Waals surface area contributed by atoms with Crippen LogP contribution in [0.15, 0.2) is 16.7 Å². The van der Waals surface area contributed by atoms with Crippen molar-refractivity contribution in [1.29, 1.82) is 0 Å². The van der Waals surface area contributed by atoms with Gasteiger partial charge < -0.3 is 16.0 Å². The summed E-state index contributed by atoms with van der Waals surface area (Å²) in [6.45, 7) is 49.1. The van der Waals surface area contributed by atoms with Crippen LogP contribution in [0.4, 0.5) is 0 Å². The normalized spacial score (nSPS) is 16.1. The largest absolute Gasteiger partial charge is 4.00 e. The molecule has 0 aliphatic heterocycles. The minimum atomic E-state index is 0. The minimum Gasteiger partial charge on any atom is -0.653 e. The maximum Gasteiger partial charge on any atom is 4.00 e. The van der Waals surface area contributed by atoms with Gasteiger partial charge in [-0.25, -0.2) is 5.57 Å². The van der Waals surface area contributed by atoms with Crippen molar-refractivity contribution in [3.63, 3.8) is 0 Å². The molecule has 0 saturated carbocycles. The third-order valence-corrected chi connectivity index (χ3v) is 4.57. The molecule has 0 heterocycles. The number of rotatable bonds is 0. The summed E-state index contributed by atoms with van der Waals surface area (Å²) in [7, 11) is 0. The van der Waals surface area contributed by atoms with Crippen LogP contribution in [0.2, 0.25) is 0 Å². The second-order valence-electron chi connectivity index (χ2n) is 17.0. The summed E-state index contributed by atoms with van der Waals surface area (Å²) in [5.74, 6) is 0. The van der Waals surface area contributed by atoms with Crippen LogP contribution in [0.25, 0.3) is 16.0 Å². The van der Waals surface area contributed by atoms with E-state index in [1.165, 1.54) is 16.7 Å². The van der Waals surface area contributed by atoms with E-state index in [1.54, 1.807) is 0 Å². The van der Waals surface area contributed by atoms with E-state index in [0.717, 1.165) is 0 Å². The zero-order valence-corrected chi connectivity index (χ0v) is 31.9. The van der Waals surface area contributed by atoms with E-state index in [1.807, 2.05) is 0 Å². The van der Waals surface area contributed by atoms with Gasteiger partial charge >= 0.3 is 21.7 Å². The van der Waals surface area contributed by atoms with Gasteiger partial charge in [-0.3, -0.25) is 6.08 Å². The summed E-state index contributed by atoms with van der Waals surface area (Å²) in [5.41, 5.74) is 5.05. The molecular weight excluding hydrogens is 498 g/mol. The standard InChI is InChI=1S/C10H15.3C8H18N.Ti/c1-7-6-10(4,5)9(3)8(7)2;3*1-7(2,3)9-8(4,5)6;/h1-5H3;3*1-6H3;/q4*-1;+4. The second kappa shape index (κ2) is 15.9. The van der Waals surface area contributed by atoms with Crippen LogP contribution in [0.3, 0.4) is 0 Å². The van der Waals surface area contributed by atoms with Crippen LogP contribution >= 0.6 is 0 Å². The number of allylic oxidation sites excluding steroid dienone is 4. The molecule has 0 radical (unpaired) electrons. The number of hydrogen-bond acceptors (Lipinski definition) is 0. The van der Waals surface area contributed by atoms with E-state index in [2.05, 4.69) is 181 Å². The molecule has 0 unspecified atom stereocenters. The monoisotopic (exact) mass is 567 g/mol. The van der Waals surface area contributed by atoms with Crippen molar-refractivity contribution in [3.05, 3.63) is 38.7 Å². The van der Waals surface area contributed by atoms with Gasteiger partial charge in [0.25, 0.3) is 0 Å². The number of hydrogen-bond donors (Lipinski definition) is 0. The Bertz CT molecular complexity index is 617. The van der Waals surface area contributed by atoms with Crippen LogP contribution in [-0.2, 0) is 21.7 Å². The van der Waals surface area contributed by atoms with Crippen molar-refractivity contribution in [1.82, 2.24) is 0 Å². The van der Waals surface area contributed by atoms with Crippen LogP contribution < -0.4 is 0 Å². The Morgan fingerprint density at radius 2 is 0.632 bits per heavy atom. The maximum atomic E-state index is 4.54. The first-order valence-corrected chi connectivity index (χ1v) is 14.1. The molecule has 0 aromatic rings. The molecular formula is C34H69N3Ti. The molecule has 0 atom stereocenters. The molecule has 224 valence electrons. The van der Waals surface area contributed by atoms with Crippen LogP contribution in [0.5, 0.6) is 0 Å². The summed E-state index contributed by atoms with van der Waals surface area (Å²) in [6, 6.07) is 0. The molecule has 0 fully saturated rings. The summed E-state index contributed by atoms with van der Waals surface area (Å²) in [4.78, 5) is 0. The molecule has 1 rings (SSSR count). The average molecular weight is 568 g/mol. The molecule has 0 saturated heterocycles. The quantitative estimate of drug-likeness (QED) is 0.206. The van der Waals surface area contributed by atoms with E-state index >= 15 is 0 Å². The van der Waals surface area contributed by atoms with Gasteiger partial charge in [-0.15, -0.1) is 40.2 Å². The van der Waals surface area contributed by atoms with Gasteiger partial charge in [0, 0.05) is 0 Å². The van der Waals surface area contributed by atoms with Crippen LogP contribution in [-0.4, -0.2) is 33.2 Å². The molecule has 1 aliphatic rings. The molecule has 0 N–H and O–H groups in total. The van der Waals surface area contributed by atoms with Gasteiger partial charge in [0.1, 0.15) is 0 Å². The predicted octanol–water partition coefficient (Wildman–Crippen LogP) is 12.0. The fourth-order valence-electron chi connectivity index (χ4n) is 4.42. The molecule has 38 heavy (non-hydrogen) atoms. The molecule has 1 aliphatic carbocycles. The van der Waals surface area contributed by atoms with Crippen LogP contribution in [0, 0.1) is 11.5 Å². The first-order chi connectivity index (χ1) is 15.6. The fraction of sp³-hybridized carbons (Fsp3) is 0.882. The predicted molar refractivity (Wildman–Crippen MR) is 173 cm³/mol. The number of nitrogens with zero attached hydrogens (tertiary/aromatic N) is 3. The third kappa shape index (κ3) is 32.3. The summed E-state index contributed by atoms with van der Waals surface area (Å²) in [5, 5.41) is 13.6. The average Bonchev–Trinajstić information content (AvgIpc) is 2.59. The summed E-state index contributed by atoms with van der Waals surface area (Å²) < 4.78 is 0. The summed E-state index contributed by atoms with van der Waals surface area (Å²) >= 11 is 0. The fourth-order valence-corrected chi connectivity index (χ4v) is 4.42. The van der Waals surface area contributed by atoms with Crippen molar-refractivity contribution in [2.45, 2.75) is 192 Å². The molecule has 0 spiro atoms. The molecule has 0 aromatic carbocycles. The van der Waals surface area contributed by atoms with Gasteiger partial charge in [-0.05, 0) is 0 Å². The Labute approximate surface area is 257 Å². The third-order valence-electron chi connectivity index (χ3n) is 4.57. The van der Waals surface area contributed by atoms with Gasteiger partial charge in [-0.1, -0.05) is 158 Å². The first-order valence-electron chi connectivity index (χ1n) is 14.1. The Morgan fingerprint density at radius 1 is 0.447 bits per heavy atom. The van der Waals surface area contributed by atoms with Gasteiger partial charge in [0.15, 0.2) is 0 Å². The minimum absolute atomic E-state index is 0. The topological polar surface area (TPSA) is 42.3 Å². The van der Waals surface area contributed by atoms with Crippen molar-refractivity contribution in [2.75, 3.05) is 0 Å². The van der Waals surface area contributed by atoms with E-state index < -0.39 is 0 Å².